The lowest BCUT2D eigenvalue weighted by Gasteiger charge is -2.17. The first-order valence-corrected chi connectivity index (χ1v) is 4.92. The van der Waals surface area contributed by atoms with Crippen LogP contribution in [0.1, 0.15) is 25.0 Å². The number of aryl methyl sites for hydroxylation is 2. The largest absolute Gasteiger partial charge is 0.488 e. The highest BCUT2D eigenvalue weighted by Gasteiger charge is 2.10. The summed E-state index contributed by atoms with van der Waals surface area (Å²) in [4.78, 5) is 0. The number of ether oxygens (including phenoxy) is 1. The molecule has 78 valence electrons. The fourth-order valence-electron chi connectivity index (χ4n) is 1.31. The van der Waals surface area contributed by atoms with E-state index in [0.717, 1.165) is 5.75 Å². The maximum Gasteiger partial charge on any atom is 0.121 e. The number of rotatable bonds is 3. The van der Waals surface area contributed by atoms with Gasteiger partial charge in [0.05, 0.1) is 6.10 Å². The van der Waals surface area contributed by atoms with Gasteiger partial charge in [0, 0.05) is 0 Å². The summed E-state index contributed by atoms with van der Waals surface area (Å²) in [6, 6.07) is 6.05. The van der Waals surface area contributed by atoms with E-state index in [9.17, 15) is 5.11 Å². The third-order valence-electron chi connectivity index (χ3n) is 2.20. The van der Waals surface area contributed by atoms with Gasteiger partial charge in [0.15, 0.2) is 0 Å². The Kier molecular flexibility index (Phi) is 3.53. The fraction of sp³-hybridized carbons (Fsp3) is 0.500. The summed E-state index contributed by atoms with van der Waals surface area (Å²) >= 11 is 0. The van der Waals surface area contributed by atoms with Crippen LogP contribution in [0.2, 0.25) is 0 Å². The van der Waals surface area contributed by atoms with Crippen LogP contribution >= 0.6 is 0 Å². The first kappa shape index (κ1) is 11.1. The van der Waals surface area contributed by atoms with Crippen molar-refractivity contribution in [3.63, 3.8) is 0 Å². The second-order valence-corrected chi connectivity index (χ2v) is 3.89. The molecule has 0 bridgehead atoms. The molecule has 0 spiro atoms. The highest BCUT2D eigenvalue weighted by atomic mass is 16.5. The van der Waals surface area contributed by atoms with E-state index in [4.69, 9.17) is 4.74 Å². The van der Waals surface area contributed by atoms with Crippen molar-refractivity contribution in [3.8, 4) is 5.75 Å². The van der Waals surface area contributed by atoms with Gasteiger partial charge in [0.25, 0.3) is 0 Å². The summed E-state index contributed by atoms with van der Waals surface area (Å²) in [6.07, 6.45) is -0.619. The van der Waals surface area contributed by atoms with E-state index in [0.29, 0.717) is 0 Å². The predicted molar refractivity (Wildman–Crippen MR) is 57.7 cm³/mol. The zero-order chi connectivity index (χ0) is 10.7. The fourth-order valence-corrected chi connectivity index (χ4v) is 1.31. The molecule has 1 rings (SSSR count). The second kappa shape index (κ2) is 4.47. The van der Waals surface area contributed by atoms with E-state index < -0.39 is 6.10 Å². The van der Waals surface area contributed by atoms with Crippen molar-refractivity contribution in [1.82, 2.24) is 0 Å². The molecule has 0 amide bonds. The molecule has 1 unspecified atom stereocenters. The van der Waals surface area contributed by atoms with Gasteiger partial charge in [-0.15, -0.1) is 0 Å². The highest BCUT2D eigenvalue weighted by molar-refractivity contribution is 5.33. The molecule has 0 aliphatic rings. The number of hydrogen-bond donors (Lipinski definition) is 1. The highest BCUT2D eigenvalue weighted by Crippen LogP contribution is 2.18. The molecule has 1 N–H and O–H groups in total. The van der Waals surface area contributed by atoms with E-state index in [2.05, 4.69) is 6.07 Å². The number of hydrogen-bond acceptors (Lipinski definition) is 2. The summed E-state index contributed by atoms with van der Waals surface area (Å²) in [7, 11) is 0. The van der Waals surface area contributed by atoms with Gasteiger partial charge in [-0.05, 0) is 51.0 Å². The molecule has 0 radical (unpaired) electrons. The van der Waals surface area contributed by atoms with Gasteiger partial charge in [-0.1, -0.05) is 6.07 Å². The van der Waals surface area contributed by atoms with E-state index in [1.807, 2.05) is 32.9 Å². The third kappa shape index (κ3) is 3.04. The van der Waals surface area contributed by atoms with Crippen molar-refractivity contribution in [1.29, 1.82) is 0 Å². The first-order valence-electron chi connectivity index (χ1n) is 4.92. The molecule has 2 heteroatoms. The molecule has 0 saturated carbocycles. The molecule has 14 heavy (non-hydrogen) atoms. The van der Waals surface area contributed by atoms with Gasteiger partial charge in [-0.25, -0.2) is 0 Å². The standard InChI is InChI=1S/C12H18O2/c1-8-5-9(2)7-12(6-8)14-11(4)10(3)13/h5-7,10-11,13H,1-4H3/t10-,11?/m1/s1. The molecular formula is C12H18O2. The Morgan fingerprint density at radius 3 is 2.00 bits per heavy atom. The first-order chi connectivity index (χ1) is 6.49. The molecule has 1 aromatic rings. The van der Waals surface area contributed by atoms with Crippen LogP contribution < -0.4 is 4.74 Å². The molecule has 0 heterocycles. The monoisotopic (exact) mass is 194 g/mol. The molecule has 2 nitrogen and oxygen atoms in total. The van der Waals surface area contributed by atoms with Crippen LogP contribution in [0.25, 0.3) is 0 Å². The molecule has 1 aromatic carbocycles. The van der Waals surface area contributed by atoms with E-state index in [1.54, 1.807) is 6.92 Å². The van der Waals surface area contributed by atoms with Crippen molar-refractivity contribution in [2.75, 3.05) is 0 Å². The van der Waals surface area contributed by atoms with Crippen LogP contribution in [0.3, 0.4) is 0 Å². The number of aliphatic hydroxyl groups excluding tert-OH is 1. The maximum atomic E-state index is 9.30. The third-order valence-corrected chi connectivity index (χ3v) is 2.20. The Morgan fingerprint density at radius 2 is 1.57 bits per heavy atom. The van der Waals surface area contributed by atoms with Crippen LogP contribution in [0.4, 0.5) is 0 Å². The summed E-state index contributed by atoms with van der Waals surface area (Å²) in [6.45, 7) is 7.66. The molecular weight excluding hydrogens is 176 g/mol. The van der Waals surface area contributed by atoms with Crippen molar-refractivity contribution in [2.45, 2.75) is 39.9 Å². The molecule has 0 aromatic heterocycles. The average molecular weight is 194 g/mol. The van der Waals surface area contributed by atoms with Crippen LogP contribution in [0, 0.1) is 13.8 Å². The molecule has 0 fully saturated rings. The Labute approximate surface area is 85.5 Å². The van der Waals surface area contributed by atoms with Gasteiger partial charge in [0.2, 0.25) is 0 Å². The average Bonchev–Trinajstić information content (AvgIpc) is 2.01. The van der Waals surface area contributed by atoms with Crippen LogP contribution in [0.15, 0.2) is 18.2 Å². The topological polar surface area (TPSA) is 29.5 Å². The van der Waals surface area contributed by atoms with Gasteiger partial charge in [-0.2, -0.15) is 0 Å². The van der Waals surface area contributed by atoms with Crippen LogP contribution in [-0.4, -0.2) is 17.3 Å². The zero-order valence-electron chi connectivity index (χ0n) is 9.24. The summed E-state index contributed by atoms with van der Waals surface area (Å²) in [5, 5.41) is 9.30. The van der Waals surface area contributed by atoms with E-state index in [-0.39, 0.29) is 6.10 Å². The van der Waals surface area contributed by atoms with Crippen LogP contribution in [0.5, 0.6) is 5.75 Å². The van der Waals surface area contributed by atoms with E-state index in [1.165, 1.54) is 11.1 Å². The Bertz CT molecular complexity index is 285. The molecule has 0 aliphatic carbocycles. The quantitative estimate of drug-likeness (QED) is 0.801. The number of benzene rings is 1. The maximum absolute atomic E-state index is 9.30. The zero-order valence-corrected chi connectivity index (χ0v) is 9.24. The SMILES string of the molecule is Cc1cc(C)cc(OC(C)[C@@H](C)O)c1. The second-order valence-electron chi connectivity index (χ2n) is 3.89. The smallest absolute Gasteiger partial charge is 0.121 e. The van der Waals surface area contributed by atoms with Gasteiger partial charge in [-0.3, -0.25) is 0 Å². The lowest BCUT2D eigenvalue weighted by Crippen LogP contribution is -2.25. The predicted octanol–water partition coefficient (Wildman–Crippen LogP) is 2.45. The summed E-state index contributed by atoms with van der Waals surface area (Å²) < 4.78 is 5.59. The minimum atomic E-state index is -0.448. The van der Waals surface area contributed by atoms with Crippen molar-refractivity contribution in [3.05, 3.63) is 29.3 Å². The Hall–Kier alpha value is -1.02. The molecule has 2 atom stereocenters. The van der Waals surface area contributed by atoms with Crippen LogP contribution in [-0.2, 0) is 0 Å². The lowest BCUT2D eigenvalue weighted by molar-refractivity contribution is 0.0604. The van der Waals surface area contributed by atoms with Crippen molar-refractivity contribution in [2.24, 2.45) is 0 Å². The van der Waals surface area contributed by atoms with E-state index >= 15 is 0 Å². The number of aliphatic hydroxyl groups is 1. The van der Waals surface area contributed by atoms with Crippen molar-refractivity contribution >= 4 is 0 Å². The minimum absolute atomic E-state index is 0.170. The Balaban J connectivity index is 2.76. The van der Waals surface area contributed by atoms with Gasteiger partial charge in [0.1, 0.15) is 11.9 Å². The van der Waals surface area contributed by atoms with Gasteiger partial charge >= 0.3 is 0 Å². The molecule has 0 aliphatic heterocycles. The lowest BCUT2D eigenvalue weighted by atomic mass is 10.1. The molecule has 0 saturated heterocycles. The Morgan fingerprint density at radius 1 is 1.07 bits per heavy atom. The van der Waals surface area contributed by atoms with Crippen molar-refractivity contribution < 1.29 is 9.84 Å². The summed E-state index contributed by atoms with van der Waals surface area (Å²) in [5.74, 6) is 0.830. The summed E-state index contributed by atoms with van der Waals surface area (Å²) in [5.41, 5.74) is 2.36. The minimum Gasteiger partial charge on any atom is -0.488 e. The van der Waals surface area contributed by atoms with Gasteiger partial charge < -0.3 is 9.84 Å². The normalized spacial score (nSPS) is 14.9.